The summed E-state index contributed by atoms with van der Waals surface area (Å²) in [6.45, 7) is 1.76. The third-order valence-electron chi connectivity index (χ3n) is 8.35. The molecule has 1 fully saturated rings. The van der Waals surface area contributed by atoms with Crippen LogP contribution >= 0.6 is 11.6 Å². The maximum atomic E-state index is 14.7. The van der Waals surface area contributed by atoms with Gasteiger partial charge in [-0.15, -0.1) is 0 Å². The zero-order valence-corrected chi connectivity index (χ0v) is 24.6. The summed E-state index contributed by atoms with van der Waals surface area (Å²) in [5.74, 6) is -2.64. The molecule has 2 unspecified atom stereocenters. The van der Waals surface area contributed by atoms with Gasteiger partial charge in [-0.3, -0.25) is 9.59 Å². The van der Waals surface area contributed by atoms with E-state index in [4.69, 9.17) is 21.2 Å². The van der Waals surface area contributed by atoms with Crippen LogP contribution in [0, 0.1) is 5.82 Å². The Morgan fingerprint density at radius 2 is 1.86 bits per heavy atom. The molecular formula is C32H30ClFN4O6. The molecule has 0 spiro atoms. The van der Waals surface area contributed by atoms with Gasteiger partial charge >= 0.3 is 5.97 Å². The van der Waals surface area contributed by atoms with Gasteiger partial charge in [-0.2, -0.15) is 0 Å². The van der Waals surface area contributed by atoms with Crippen molar-refractivity contribution in [3.8, 4) is 0 Å². The Hall–Kier alpha value is -4.48. The van der Waals surface area contributed by atoms with Gasteiger partial charge in [-0.1, -0.05) is 35.0 Å². The zero-order chi connectivity index (χ0) is 31.0. The molecule has 3 aromatic rings. The number of oxime groups is 1. The van der Waals surface area contributed by atoms with Crippen LogP contribution in [-0.2, 0) is 25.6 Å². The molecule has 2 amide bonds. The van der Waals surface area contributed by atoms with Crippen molar-refractivity contribution in [3.63, 3.8) is 0 Å². The number of rotatable bonds is 7. The predicted molar refractivity (Wildman–Crippen MR) is 162 cm³/mol. The van der Waals surface area contributed by atoms with Gasteiger partial charge in [-0.25, -0.2) is 9.18 Å². The Bertz CT molecular complexity index is 1650. The Balaban J connectivity index is 1.30. The summed E-state index contributed by atoms with van der Waals surface area (Å²) < 4.78 is 20.3. The quantitative estimate of drug-likeness (QED) is 0.394. The first-order chi connectivity index (χ1) is 21.2. The molecule has 0 aromatic heterocycles. The molecule has 6 rings (SSSR count). The maximum Gasteiger partial charge on any atom is 0.335 e. The average Bonchev–Trinajstić information content (AvgIpc) is 3.72. The third kappa shape index (κ3) is 5.60. The van der Waals surface area contributed by atoms with Crippen molar-refractivity contribution in [1.82, 2.24) is 4.90 Å². The number of nitrogens with zero attached hydrogens (tertiary/aromatic N) is 3. The van der Waals surface area contributed by atoms with Crippen LogP contribution in [0.1, 0.15) is 45.9 Å². The second kappa shape index (κ2) is 12.3. The molecule has 12 heteroatoms. The topological polar surface area (TPSA) is 121 Å². The molecule has 3 aromatic carbocycles. The number of nitrogens with one attached hydrogen (secondary N) is 1. The van der Waals surface area contributed by atoms with E-state index < -0.39 is 35.7 Å². The highest BCUT2D eigenvalue weighted by Crippen LogP contribution is 2.39. The van der Waals surface area contributed by atoms with Gasteiger partial charge in [0, 0.05) is 50.1 Å². The fourth-order valence-corrected chi connectivity index (χ4v) is 6.27. The molecule has 2 N–H and O–H groups in total. The number of halogens is 2. The second-order valence-electron chi connectivity index (χ2n) is 10.9. The summed E-state index contributed by atoms with van der Waals surface area (Å²) >= 11 is 5.95. The fraction of sp³-hybridized carbons (Fsp3) is 0.312. The molecule has 3 heterocycles. The second-order valence-corrected chi connectivity index (χ2v) is 11.3. The number of carboxylic acids is 1. The number of carbonyl (C=O) groups excluding carboxylic acids is 2. The van der Waals surface area contributed by atoms with Crippen molar-refractivity contribution in [2.75, 3.05) is 37.0 Å². The lowest BCUT2D eigenvalue weighted by molar-refractivity contribution is -0.148. The zero-order valence-electron chi connectivity index (χ0n) is 23.8. The monoisotopic (exact) mass is 620 g/mol. The minimum atomic E-state index is -1.08. The number of benzene rings is 3. The van der Waals surface area contributed by atoms with Crippen molar-refractivity contribution in [3.05, 3.63) is 93.8 Å². The van der Waals surface area contributed by atoms with Crippen LogP contribution in [-0.4, -0.2) is 72.5 Å². The summed E-state index contributed by atoms with van der Waals surface area (Å²) in [6, 6.07) is 15.1. The Kier molecular flexibility index (Phi) is 8.24. The van der Waals surface area contributed by atoms with Crippen LogP contribution in [0.4, 0.5) is 15.8 Å². The third-order valence-corrected chi connectivity index (χ3v) is 8.65. The highest BCUT2D eigenvalue weighted by Gasteiger charge is 2.42. The highest BCUT2D eigenvalue weighted by atomic mass is 35.5. The van der Waals surface area contributed by atoms with E-state index in [9.17, 15) is 23.9 Å². The van der Waals surface area contributed by atoms with Crippen LogP contribution in [0.25, 0.3) is 0 Å². The van der Waals surface area contributed by atoms with E-state index in [1.54, 1.807) is 13.2 Å². The minimum Gasteiger partial charge on any atom is -0.478 e. The van der Waals surface area contributed by atoms with E-state index in [1.807, 2.05) is 18.2 Å². The number of hydrogen-bond donors (Lipinski definition) is 2. The smallest absolute Gasteiger partial charge is 0.335 e. The largest absolute Gasteiger partial charge is 0.478 e. The SMILES string of the molecule is COC1CCN(c2cccc3c2CCN(C(=O)C2CC(c4cccc(Cl)c4F)=NO2)[C@@H]3C(=O)Nc2ccc(C(=O)O)cc2)C1. The summed E-state index contributed by atoms with van der Waals surface area (Å²) in [5, 5.41) is 16.0. The van der Waals surface area contributed by atoms with E-state index in [-0.39, 0.29) is 40.9 Å². The molecule has 10 nitrogen and oxygen atoms in total. The first-order valence-corrected chi connectivity index (χ1v) is 14.6. The molecule has 3 atom stereocenters. The molecule has 0 bridgehead atoms. The number of anilines is 2. The van der Waals surface area contributed by atoms with Crippen LogP contribution in [0.3, 0.4) is 0 Å². The lowest BCUT2D eigenvalue weighted by Gasteiger charge is -2.39. The van der Waals surface area contributed by atoms with E-state index in [0.717, 1.165) is 30.8 Å². The van der Waals surface area contributed by atoms with Gasteiger partial charge in [-0.05, 0) is 66.4 Å². The normalized spacial score (nSPS) is 21.0. The first kappa shape index (κ1) is 29.6. The molecule has 0 radical (unpaired) electrons. The number of hydrogen-bond acceptors (Lipinski definition) is 7. The predicted octanol–water partition coefficient (Wildman–Crippen LogP) is 4.66. The molecule has 228 valence electrons. The fourth-order valence-electron chi connectivity index (χ4n) is 6.09. The van der Waals surface area contributed by atoms with Gasteiger partial charge in [0.15, 0.2) is 5.82 Å². The number of amides is 2. The summed E-state index contributed by atoms with van der Waals surface area (Å²) in [5.41, 5.74) is 3.53. The van der Waals surface area contributed by atoms with Crippen molar-refractivity contribution in [1.29, 1.82) is 0 Å². The first-order valence-electron chi connectivity index (χ1n) is 14.3. The van der Waals surface area contributed by atoms with E-state index in [1.165, 1.54) is 41.3 Å². The Labute approximate surface area is 258 Å². The van der Waals surface area contributed by atoms with Crippen molar-refractivity contribution < 1.29 is 33.5 Å². The minimum absolute atomic E-state index is 0.0106. The van der Waals surface area contributed by atoms with Crippen molar-refractivity contribution in [2.24, 2.45) is 5.16 Å². The number of aromatic carboxylic acids is 1. The van der Waals surface area contributed by atoms with Gasteiger partial charge in [0.05, 0.1) is 22.4 Å². The molecule has 1 saturated heterocycles. The molecule has 3 aliphatic heterocycles. The molecule has 0 saturated carbocycles. The Morgan fingerprint density at radius 1 is 1.09 bits per heavy atom. The maximum absolute atomic E-state index is 14.7. The van der Waals surface area contributed by atoms with Crippen LogP contribution in [0.15, 0.2) is 65.8 Å². The van der Waals surface area contributed by atoms with Gasteiger partial charge in [0.2, 0.25) is 6.10 Å². The molecule has 0 aliphatic carbocycles. The summed E-state index contributed by atoms with van der Waals surface area (Å²) in [4.78, 5) is 48.5. The van der Waals surface area contributed by atoms with Gasteiger partial charge in [0.1, 0.15) is 6.04 Å². The highest BCUT2D eigenvalue weighted by molar-refractivity contribution is 6.31. The number of fused-ring (bicyclic) bond motifs is 1. The van der Waals surface area contributed by atoms with Crippen LogP contribution in [0.2, 0.25) is 5.02 Å². The van der Waals surface area contributed by atoms with E-state index >= 15 is 0 Å². The van der Waals surface area contributed by atoms with Crippen LogP contribution in [0.5, 0.6) is 0 Å². The van der Waals surface area contributed by atoms with E-state index in [0.29, 0.717) is 17.7 Å². The molecule has 3 aliphatic rings. The lowest BCUT2D eigenvalue weighted by Crippen LogP contribution is -2.49. The molecular weight excluding hydrogens is 591 g/mol. The van der Waals surface area contributed by atoms with Gasteiger partial charge < -0.3 is 29.8 Å². The van der Waals surface area contributed by atoms with Crippen LogP contribution < -0.4 is 10.2 Å². The van der Waals surface area contributed by atoms with Crippen molar-refractivity contribution >= 4 is 46.5 Å². The average molecular weight is 621 g/mol. The molecule has 44 heavy (non-hydrogen) atoms. The summed E-state index contributed by atoms with van der Waals surface area (Å²) in [6.07, 6.45) is 0.454. The standard InChI is InChI=1S/C32H30ClFN4O6/c1-43-20-12-14-37(17-20)26-7-3-4-22-21(26)13-15-38(29(22)30(39)35-19-10-8-18(9-11-19)32(41)42)31(40)27-16-25(36-44-27)23-5-2-6-24(33)28(23)34/h2-11,20,27,29H,12-17H2,1H3,(H,35,39)(H,41,42)/t20?,27?,29-/m0/s1. The van der Waals surface area contributed by atoms with Gasteiger partial charge in [0.25, 0.3) is 11.8 Å². The number of methoxy groups -OCH3 is 1. The van der Waals surface area contributed by atoms with E-state index in [2.05, 4.69) is 15.4 Å². The Morgan fingerprint density at radius 3 is 2.59 bits per heavy atom. The number of ether oxygens (including phenoxy) is 1. The lowest BCUT2D eigenvalue weighted by atomic mass is 9.89. The van der Waals surface area contributed by atoms with Crippen molar-refractivity contribution in [2.45, 2.75) is 37.5 Å². The summed E-state index contributed by atoms with van der Waals surface area (Å²) in [7, 11) is 1.70. The number of carbonyl (C=O) groups is 3. The number of carboxylic acid groups (broad SMARTS) is 1.